The average molecular weight is 237 g/mol. The van der Waals surface area contributed by atoms with Crippen LogP contribution in [0.5, 0.6) is 0 Å². The SMILES string of the molecule is O=C(NC[C@@H]1CCSC1)[C@H]1C[C@H]2C=C[C@H]1C2. The maximum Gasteiger partial charge on any atom is 0.223 e. The Morgan fingerprint density at radius 2 is 2.31 bits per heavy atom. The molecule has 3 aliphatic rings. The van der Waals surface area contributed by atoms with Gasteiger partial charge in [0, 0.05) is 12.5 Å². The Kier molecular flexibility index (Phi) is 2.97. The van der Waals surface area contributed by atoms with Crippen molar-refractivity contribution >= 4 is 17.7 Å². The second-order valence-electron chi connectivity index (χ2n) is 5.36. The number of carbonyl (C=O) groups excluding carboxylic acids is 1. The number of carbonyl (C=O) groups is 1. The summed E-state index contributed by atoms with van der Waals surface area (Å²) in [6.45, 7) is 0.906. The van der Waals surface area contributed by atoms with Crippen molar-refractivity contribution in [2.24, 2.45) is 23.7 Å². The van der Waals surface area contributed by atoms with Gasteiger partial charge in [-0.2, -0.15) is 11.8 Å². The van der Waals surface area contributed by atoms with Crippen molar-refractivity contribution in [3.63, 3.8) is 0 Å². The van der Waals surface area contributed by atoms with E-state index in [4.69, 9.17) is 0 Å². The number of nitrogens with one attached hydrogen (secondary N) is 1. The van der Waals surface area contributed by atoms with Crippen molar-refractivity contribution < 1.29 is 4.79 Å². The monoisotopic (exact) mass is 237 g/mol. The third kappa shape index (κ3) is 2.02. The van der Waals surface area contributed by atoms with Crippen molar-refractivity contribution in [3.8, 4) is 0 Å². The van der Waals surface area contributed by atoms with Crippen molar-refractivity contribution in [3.05, 3.63) is 12.2 Å². The van der Waals surface area contributed by atoms with Crippen LogP contribution in [0.25, 0.3) is 0 Å². The van der Waals surface area contributed by atoms with Gasteiger partial charge in [-0.15, -0.1) is 0 Å². The lowest BCUT2D eigenvalue weighted by molar-refractivity contribution is -0.125. The Balaban J connectivity index is 1.48. The summed E-state index contributed by atoms with van der Waals surface area (Å²) in [6.07, 6.45) is 8.14. The molecule has 1 saturated heterocycles. The zero-order valence-corrected chi connectivity index (χ0v) is 10.3. The van der Waals surface area contributed by atoms with Crippen molar-refractivity contribution in [2.75, 3.05) is 18.1 Å². The van der Waals surface area contributed by atoms with Crippen LogP contribution in [0.4, 0.5) is 0 Å². The fraction of sp³-hybridized carbons (Fsp3) is 0.769. The molecule has 2 bridgehead atoms. The average Bonchev–Trinajstić information content (AvgIpc) is 3.01. The van der Waals surface area contributed by atoms with Gasteiger partial charge >= 0.3 is 0 Å². The number of hydrogen-bond acceptors (Lipinski definition) is 2. The van der Waals surface area contributed by atoms with Gasteiger partial charge in [-0.05, 0) is 48.5 Å². The van der Waals surface area contributed by atoms with E-state index in [1.165, 1.54) is 24.3 Å². The topological polar surface area (TPSA) is 29.1 Å². The normalized spacial score (nSPS) is 40.5. The van der Waals surface area contributed by atoms with E-state index in [1.807, 2.05) is 11.8 Å². The number of amides is 1. The predicted octanol–water partition coefficient (Wildman–Crippen LogP) is 2.07. The molecule has 0 radical (unpaired) electrons. The van der Waals surface area contributed by atoms with Crippen LogP contribution in [-0.2, 0) is 4.79 Å². The van der Waals surface area contributed by atoms with Gasteiger partial charge in [-0.25, -0.2) is 0 Å². The van der Waals surface area contributed by atoms with Gasteiger partial charge in [0.05, 0.1) is 0 Å². The van der Waals surface area contributed by atoms with Crippen LogP contribution in [0.3, 0.4) is 0 Å². The van der Waals surface area contributed by atoms with E-state index < -0.39 is 0 Å². The Hall–Kier alpha value is -0.440. The second-order valence-corrected chi connectivity index (χ2v) is 6.51. The van der Waals surface area contributed by atoms with Gasteiger partial charge in [-0.3, -0.25) is 4.79 Å². The lowest BCUT2D eigenvalue weighted by atomic mass is 9.92. The molecule has 3 rings (SSSR count). The van der Waals surface area contributed by atoms with E-state index >= 15 is 0 Å². The molecule has 1 aliphatic heterocycles. The van der Waals surface area contributed by atoms with Crippen LogP contribution in [-0.4, -0.2) is 24.0 Å². The first-order chi connectivity index (χ1) is 7.83. The molecule has 1 amide bonds. The number of thioether (sulfide) groups is 1. The summed E-state index contributed by atoms with van der Waals surface area (Å²) in [7, 11) is 0. The van der Waals surface area contributed by atoms with E-state index in [9.17, 15) is 4.79 Å². The summed E-state index contributed by atoms with van der Waals surface area (Å²) in [6, 6.07) is 0. The standard InChI is InChI=1S/C13H19NOS/c15-13(14-7-10-3-4-16-8-10)12-6-9-1-2-11(12)5-9/h1-2,9-12H,3-8H2,(H,14,15)/t9-,10-,11-,12-/m0/s1. The van der Waals surface area contributed by atoms with E-state index in [1.54, 1.807) is 0 Å². The summed E-state index contributed by atoms with van der Waals surface area (Å²) in [5.74, 6) is 5.07. The summed E-state index contributed by atoms with van der Waals surface area (Å²) in [5.41, 5.74) is 0. The van der Waals surface area contributed by atoms with Crippen molar-refractivity contribution in [1.82, 2.24) is 5.32 Å². The summed E-state index contributed by atoms with van der Waals surface area (Å²) < 4.78 is 0. The highest BCUT2D eigenvalue weighted by Crippen LogP contribution is 2.43. The van der Waals surface area contributed by atoms with Gasteiger partial charge in [-0.1, -0.05) is 12.2 Å². The minimum absolute atomic E-state index is 0.282. The second kappa shape index (κ2) is 4.44. The zero-order valence-electron chi connectivity index (χ0n) is 9.52. The largest absolute Gasteiger partial charge is 0.356 e. The third-order valence-corrected chi connectivity index (χ3v) is 5.44. The molecule has 2 nitrogen and oxygen atoms in total. The Bertz CT molecular complexity index is 309. The lowest BCUT2D eigenvalue weighted by Gasteiger charge is -2.18. The van der Waals surface area contributed by atoms with Gasteiger partial charge in [0.15, 0.2) is 0 Å². The van der Waals surface area contributed by atoms with Crippen LogP contribution in [0, 0.1) is 23.7 Å². The molecule has 3 heteroatoms. The summed E-state index contributed by atoms with van der Waals surface area (Å²) >= 11 is 2.02. The predicted molar refractivity (Wildman–Crippen MR) is 67.3 cm³/mol. The Morgan fingerprint density at radius 3 is 2.94 bits per heavy atom. The smallest absolute Gasteiger partial charge is 0.223 e. The zero-order chi connectivity index (χ0) is 11.0. The van der Waals surface area contributed by atoms with Gasteiger partial charge < -0.3 is 5.32 Å². The molecule has 2 aliphatic carbocycles. The van der Waals surface area contributed by atoms with E-state index in [2.05, 4.69) is 17.5 Å². The molecule has 88 valence electrons. The molecular weight excluding hydrogens is 218 g/mol. The van der Waals surface area contributed by atoms with Gasteiger partial charge in [0.1, 0.15) is 0 Å². The molecule has 0 aromatic rings. The van der Waals surface area contributed by atoms with E-state index in [0.717, 1.165) is 18.9 Å². The van der Waals surface area contributed by atoms with Crippen LogP contribution in [0.1, 0.15) is 19.3 Å². The quantitative estimate of drug-likeness (QED) is 0.761. The molecule has 16 heavy (non-hydrogen) atoms. The maximum absolute atomic E-state index is 12.0. The molecule has 1 saturated carbocycles. The van der Waals surface area contributed by atoms with Crippen LogP contribution >= 0.6 is 11.8 Å². The molecule has 0 aromatic carbocycles. The molecule has 4 atom stereocenters. The first-order valence-corrected chi connectivity index (χ1v) is 7.52. The molecule has 0 unspecified atom stereocenters. The highest BCUT2D eigenvalue weighted by Gasteiger charge is 2.39. The molecule has 0 aromatic heterocycles. The number of allylic oxidation sites excluding steroid dienone is 2. The van der Waals surface area contributed by atoms with Crippen molar-refractivity contribution in [1.29, 1.82) is 0 Å². The number of fused-ring (bicyclic) bond motifs is 2. The van der Waals surface area contributed by atoms with E-state index in [-0.39, 0.29) is 5.92 Å². The highest BCUT2D eigenvalue weighted by molar-refractivity contribution is 7.99. The molecule has 1 N–H and O–H groups in total. The molecule has 0 spiro atoms. The molecule has 2 fully saturated rings. The number of rotatable bonds is 3. The Morgan fingerprint density at radius 1 is 1.38 bits per heavy atom. The third-order valence-electron chi connectivity index (χ3n) is 4.20. The first kappa shape index (κ1) is 10.7. The minimum atomic E-state index is 0.282. The summed E-state index contributed by atoms with van der Waals surface area (Å²) in [5, 5.41) is 3.17. The minimum Gasteiger partial charge on any atom is -0.356 e. The lowest BCUT2D eigenvalue weighted by Crippen LogP contribution is -2.36. The van der Waals surface area contributed by atoms with E-state index in [0.29, 0.717) is 17.7 Å². The molecule has 1 heterocycles. The van der Waals surface area contributed by atoms with Crippen molar-refractivity contribution in [2.45, 2.75) is 19.3 Å². The Labute approximate surface area is 101 Å². The fourth-order valence-corrected chi connectivity index (χ4v) is 4.49. The van der Waals surface area contributed by atoms with Crippen LogP contribution in [0.2, 0.25) is 0 Å². The maximum atomic E-state index is 12.0. The molecular formula is C13H19NOS. The van der Waals surface area contributed by atoms with Gasteiger partial charge in [0.2, 0.25) is 5.91 Å². The number of hydrogen-bond donors (Lipinski definition) is 1. The fourth-order valence-electron chi connectivity index (χ4n) is 3.20. The van der Waals surface area contributed by atoms with Gasteiger partial charge in [0.25, 0.3) is 0 Å². The first-order valence-electron chi connectivity index (χ1n) is 6.36. The highest BCUT2D eigenvalue weighted by atomic mass is 32.2. The summed E-state index contributed by atoms with van der Waals surface area (Å²) in [4.78, 5) is 12.0. The van der Waals surface area contributed by atoms with Crippen LogP contribution in [0.15, 0.2) is 12.2 Å². The van der Waals surface area contributed by atoms with Crippen LogP contribution < -0.4 is 5.32 Å².